The Morgan fingerprint density at radius 1 is 1.42 bits per heavy atom. The van der Waals surface area contributed by atoms with E-state index in [9.17, 15) is 0 Å². The zero-order valence-electron chi connectivity index (χ0n) is 6.51. The van der Waals surface area contributed by atoms with Gasteiger partial charge in [0.1, 0.15) is 11.7 Å². The molecule has 0 bridgehead atoms. The molecule has 0 aliphatic heterocycles. The fourth-order valence-electron chi connectivity index (χ4n) is 0.715. The van der Waals surface area contributed by atoms with E-state index in [1.54, 1.807) is 11.8 Å². The zero-order valence-corrected chi connectivity index (χ0v) is 10.5. The van der Waals surface area contributed by atoms with E-state index in [2.05, 4.69) is 31.9 Å². The van der Waals surface area contributed by atoms with Crippen molar-refractivity contribution in [3.05, 3.63) is 27.1 Å². The lowest BCUT2D eigenvalue weighted by Crippen LogP contribution is -1.91. The minimum absolute atomic E-state index is 0.681. The number of benzene rings is 1. The highest BCUT2D eigenvalue weighted by atomic mass is 79.9. The number of ether oxygens (including phenoxy) is 1. The van der Waals surface area contributed by atoms with Gasteiger partial charge in [0.05, 0.1) is 4.47 Å². The van der Waals surface area contributed by atoms with Crippen molar-refractivity contribution in [3.8, 4) is 5.75 Å². The highest BCUT2D eigenvalue weighted by Crippen LogP contribution is 2.28. The standard InChI is InChI=1S/C8H8Br2OS/c1-12-5-11-8-3-2-6(9)4-7(8)10/h2-4H,5H2,1H3. The molecule has 0 heterocycles. The first kappa shape index (κ1) is 10.4. The van der Waals surface area contributed by atoms with Crippen molar-refractivity contribution in [3.63, 3.8) is 0 Å². The van der Waals surface area contributed by atoms with E-state index in [1.807, 2.05) is 24.5 Å². The first-order valence-electron chi connectivity index (χ1n) is 3.31. The average Bonchev–Trinajstić information content (AvgIpc) is 2.03. The molecule has 0 radical (unpaired) electrons. The predicted octanol–water partition coefficient (Wildman–Crippen LogP) is 3.91. The van der Waals surface area contributed by atoms with Gasteiger partial charge in [-0.2, -0.15) is 0 Å². The second kappa shape index (κ2) is 5.14. The monoisotopic (exact) mass is 310 g/mol. The molecule has 66 valence electrons. The summed E-state index contributed by atoms with van der Waals surface area (Å²) in [5.41, 5.74) is 0. The van der Waals surface area contributed by atoms with Crippen LogP contribution in [0.1, 0.15) is 0 Å². The van der Waals surface area contributed by atoms with Crippen LogP contribution in [-0.2, 0) is 0 Å². The Morgan fingerprint density at radius 3 is 2.75 bits per heavy atom. The molecule has 0 saturated carbocycles. The van der Waals surface area contributed by atoms with Crippen LogP contribution in [0.15, 0.2) is 27.1 Å². The second-order valence-electron chi connectivity index (χ2n) is 2.13. The van der Waals surface area contributed by atoms with Crippen LogP contribution in [0.5, 0.6) is 5.75 Å². The summed E-state index contributed by atoms with van der Waals surface area (Å²) in [7, 11) is 0. The summed E-state index contributed by atoms with van der Waals surface area (Å²) in [6.45, 7) is 0. The van der Waals surface area contributed by atoms with Gasteiger partial charge in [0, 0.05) is 4.47 Å². The van der Waals surface area contributed by atoms with Gasteiger partial charge < -0.3 is 4.74 Å². The third kappa shape index (κ3) is 2.99. The molecule has 0 spiro atoms. The lowest BCUT2D eigenvalue weighted by atomic mass is 10.3. The van der Waals surface area contributed by atoms with Gasteiger partial charge in [-0.25, -0.2) is 0 Å². The molecule has 1 aromatic carbocycles. The van der Waals surface area contributed by atoms with E-state index in [4.69, 9.17) is 4.74 Å². The third-order valence-corrected chi connectivity index (χ3v) is 2.69. The van der Waals surface area contributed by atoms with E-state index in [0.717, 1.165) is 14.7 Å². The molecule has 0 aliphatic carbocycles. The van der Waals surface area contributed by atoms with Gasteiger partial charge >= 0.3 is 0 Å². The predicted molar refractivity (Wildman–Crippen MR) is 60.9 cm³/mol. The Hall–Kier alpha value is 0.330. The van der Waals surface area contributed by atoms with Crippen LogP contribution in [0.3, 0.4) is 0 Å². The van der Waals surface area contributed by atoms with Gasteiger partial charge in [-0.05, 0) is 40.4 Å². The second-order valence-corrected chi connectivity index (χ2v) is 4.71. The van der Waals surface area contributed by atoms with Crippen LogP contribution in [0.25, 0.3) is 0 Å². The van der Waals surface area contributed by atoms with Crippen LogP contribution in [-0.4, -0.2) is 12.2 Å². The van der Waals surface area contributed by atoms with Gasteiger partial charge in [0.15, 0.2) is 0 Å². The Bertz CT molecular complexity index is 265. The van der Waals surface area contributed by atoms with Gasteiger partial charge in [-0.15, -0.1) is 11.8 Å². The zero-order chi connectivity index (χ0) is 8.97. The van der Waals surface area contributed by atoms with Crippen molar-refractivity contribution in [2.45, 2.75) is 0 Å². The SMILES string of the molecule is CSCOc1ccc(Br)cc1Br. The van der Waals surface area contributed by atoms with Crippen LogP contribution in [0, 0.1) is 0 Å². The first-order valence-corrected chi connectivity index (χ1v) is 6.29. The van der Waals surface area contributed by atoms with Crippen molar-refractivity contribution in [1.82, 2.24) is 0 Å². The van der Waals surface area contributed by atoms with E-state index in [-0.39, 0.29) is 0 Å². The Labute approximate surface area is 93.1 Å². The van der Waals surface area contributed by atoms with Gasteiger partial charge in [0.25, 0.3) is 0 Å². The lowest BCUT2D eigenvalue weighted by Gasteiger charge is -2.05. The molecule has 1 rings (SSSR count). The highest BCUT2D eigenvalue weighted by Gasteiger charge is 1.99. The maximum atomic E-state index is 5.44. The van der Waals surface area contributed by atoms with Gasteiger partial charge in [0.2, 0.25) is 0 Å². The fraction of sp³-hybridized carbons (Fsp3) is 0.250. The summed E-state index contributed by atoms with van der Waals surface area (Å²) in [6.07, 6.45) is 2.01. The van der Waals surface area contributed by atoms with Crippen LogP contribution < -0.4 is 4.74 Å². The maximum Gasteiger partial charge on any atom is 0.134 e. The van der Waals surface area contributed by atoms with Crippen LogP contribution in [0.4, 0.5) is 0 Å². The molecule has 0 N–H and O–H groups in total. The number of halogens is 2. The van der Waals surface area contributed by atoms with Crippen molar-refractivity contribution in [1.29, 1.82) is 0 Å². The molecule has 0 amide bonds. The maximum absolute atomic E-state index is 5.44. The number of hydrogen-bond donors (Lipinski definition) is 0. The number of thioether (sulfide) groups is 1. The van der Waals surface area contributed by atoms with Crippen LogP contribution in [0.2, 0.25) is 0 Å². The fourth-order valence-corrected chi connectivity index (χ4v) is 2.12. The molecular weight excluding hydrogens is 304 g/mol. The smallest absolute Gasteiger partial charge is 0.134 e. The van der Waals surface area contributed by atoms with Crippen molar-refractivity contribution < 1.29 is 4.74 Å². The molecule has 0 unspecified atom stereocenters. The van der Waals surface area contributed by atoms with Crippen LogP contribution >= 0.6 is 43.6 Å². The minimum atomic E-state index is 0.681. The number of hydrogen-bond acceptors (Lipinski definition) is 2. The Morgan fingerprint density at radius 2 is 2.17 bits per heavy atom. The summed E-state index contributed by atoms with van der Waals surface area (Å²) in [6, 6.07) is 5.86. The molecule has 1 aromatic rings. The Balaban J connectivity index is 2.72. The highest BCUT2D eigenvalue weighted by molar-refractivity contribution is 9.11. The normalized spacial score (nSPS) is 9.92. The van der Waals surface area contributed by atoms with Crippen molar-refractivity contribution in [2.75, 3.05) is 12.2 Å². The first-order chi connectivity index (χ1) is 5.74. The summed E-state index contributed by atoms with van der Waals surface area (Å²) in [4.78, 5) is 0. The molecule has 0 fully saturated rings. The van der Waals surface area contributed by atoms with Gasteiger partial charge in [-0.1, -0.05) is 15.9 Å². The third-order valence-electron chi connectivity index (χ3n) is 1.23. The largest absolute Gasteiger partial charge is 0.482 e. The summed E-state index contributed by atoms with van der Waals surface area (Å²) >= 11 is 8.44. The molecule has 0 atom stereocenters. The molecule has 4 heteroatoms. The molecule has 0 aromatic heterocycles. The summed E-state index contributed by atoms with van der Waals surface area (Å²) < 4.78 is 7.46. The average molecular weight is 312 g/mol. The minimum Gasteiger partial charge on any atom is -0.482 e. The number of rotatable bonds is 3. The van der Waals surface area contributed by atoms with E-state index < -0.39 is 0 Å². The Kier molecular flexibility index (Phi) is 4.46. The van der Waals surface area contributed by atoms with Crippen molar-refractivity contribution >= 4 is 43.6 Å². The summed E-state index contributed by atoms with van der Waals surface area (Å²) in [5, 5.41) is 0. The molecule has 0 saturated heterocycles. The van der Waals surface area contributed by atoms with Gasteiger partial charge in [-0.3, -0.25) is 0 Å². The van der Waals surface area contributed by atoms with E-state index in [0.29, 0.717) is 5.94 Å². The van der Waals surface area contributed by atoms with E-state index in [1.165, 1.54) is 0 Å². The topological polar surface area (TPSA) is 9.23 Å². The molecule has 0 aliphatic rings. The van der Waals surface area contributed by atoms with E-state index >= 15 is 0 Å². The quantitative estimate of drug-likeness (QED) is 0.783. The van der Waals surface area contributed by atoms with Crippen molar-refractivity contribution in [2.24, 2.45) is 0 Å². The lowest BCUT2D eigenvalue weighted by molar-refractivity contribution is 0.391. The molecular formula is C8H8Br2OS. The molecule has 1 nitrogen and oxygen atoms in total. The summed E-state index contributed by atoms with van der Waals surface area (Å²) in [5.74, 6) is 1.56. The molecule has 12 heavy (non-hydrogen) atoms.